The van der Waals surface area contributed by atoms with E-state index in [2.05, 4.69) is 34.6 Å². The van der Waals surface area contributed by atoms with Crippen LogP contribution in [-0.2, 0) is 0 Å². The van der Waals surface area contributed by atoms with Crippen molar-refractivity contribution in [3.63, 3.8) is 0 Å². The Balaban J connectivity index is 4.44. The third kappa shape index (κ3) is 3.61. The fraction of sp³-hybridized carbons (Fsp3) is 1.00. The molecule has 0 aromatic carbocycles. The minimum absolute atomic E-state index is 0.418. The first-order valence-electron chi connectivity index (χ1n) is 6.24. The van der Waals surface area contributed by atoms with Crippen molar-refractivity contribution in [2.45, 2.75) is 72.3 Å². The molecule has 0 heterocycles. The second kappa shape index (κ2) is 6.44. The van der Waals surface area contributed by atoms with Gasteiger partial charge < -0.3 is 5.11 Å². The van der Waals surface area contributed by atoms with Gasteiger partial charge in [-0.2, -0.15) is 0 Å². The standard InChI is InChI=1S/C13H28O/c1-6-9-13(14,10-7-2)12(5)11(4)8-3/h11-12,14H,6-10H2,1-5H3. The highest BCUT2D eigenvalue weighted by Gasteiger charge is 2.34. The fourth-order valence-corrected chi connectivity index (χ4v) is 2.33. The summed E-state index contributed by atoms with van der Waals surface area (Å²) in [5.74, 6) is 1.05. The Morgan fingerprint density at radius 3 is 1.71 bits per heavy atom. The van der Waals surface area contributed by atoms with Crippen molar-refractivity contribution in [1.29, 1.82) is 0 Å². The van der Waals surface area contributed by atoms with E-state index in [1.54, 1.807) is 0 Å². The summed E-state index contributed by atoms with van der Waals surface area (Å²) in [7, 11) is 0. The third-order valence-electron chi connectivity index (χ3n) is 3.71. The zero-order chi connectivity index (χ0) is 11.2. The average Bonchev–Trinajstić information content (AvgIpc) is 2.16. The Hall–Kier alpha value is -0.0400. The largest absolute Gasteiger partial charge is 0.390 e. The van der Waals surface area contributed by atoms with E-state index in [0.717, 1.165) is 32.1 Å². The molecule has 1 nitrogen and oxygen atoms in total. The first-order chi connectivity index (χ1) is 6.51. The molecule has 0 saturated carbocycles. The van der Waals surface area contributed by atoms with Gasteiger partial charge in [-0.15, -0.1) is 0 Å². The molecule has 14 heavy (non-hydrogen) atoms. The molecule has 0 fully saturated rings. The fourth-order valence-electron chi connectivity index (χ4n) is 2.33. The van der Waals surface area contributed by atoms with E-state index in [4.69, 9.17) is 0 Å². The van der Waals surface area contributed by atoms with Crippen molar-refractivity contribution in [2.24, 2.45) is 11.8 Å². The number of hydrogen-bond donors (Lipinski definition) is 1. The Kier molecular flexibility index (Phi) is 6.43. The van der Waals surface area contributed by atoms with Crippen LogP contribution in [0.25, 0.3) is 0 Å². The highest BCUT2D eigenvalue weighted by Crippen LogP contribution is 2.34. The van der Waals surface area contributed by atoms with Gasteiger partial charge in [0, 0.05) is 0 Å². The van der Waals surface area contributed by atoms with Gasteiger partial charge in [-0.25, -0.2) is 0 Å². The molecule has 0 aromatic rings. The Morgan fingerprint density at radius 2 is 1.43 bits per heavy atom. The van der Waals surface area contributed by atoms with Crippen molar-refractivity contribution < 1.29 is 5.11 Å². The van der Waals surface area contributed by atoms with Crippen LogP contribution in [0.5, 0.6) is 0 Å². The lowest BCUT2D eigenvalue weighted by Gasteiger charge is -2.37. The summed E-state index contributed by atoms with van der Waals surface area (Å²) in [4.78, 5) is 0. The maximum Gasteiger partial charge on any atom is 0.0675 e. The Bertz CT molecular complexity index is 136. The zero-order valence-corrected chi connectivity index (χ0v) is 10.6. The first kappa shape index (κ1) is 14.0. The van der Waals surface area contributed by atoms with E-state index in [9.17, 15) is 5.11 Å². The Labute approximate surface area is 89.9 Å². The van der Waals surface area contributed by atoms with Gasteiger partial charge in [0.2, 0.25) is 0 Å². The van der Waals surface area contributed by atoms with Gasteiger partial charge in [-0.05, 0) is 24.7 Å². The predicted molar refractivity (Wildman–Crippen MR) is 63.4 cm³/mol. The van der Waals surface area contributed by atoms with Crippen LogP contribution in [0.15, 0.2) is 0 Å². The summed E-state index contributed by atoms with van der Waals surface area (Å²) in [6, 6.07) is 0. The third-order valence-corrected chi connectivity index (χ3v) is 3.71. The molecule has 2 atom stereocenters. The van der Waals surface area contributed by atoms with Crippen LogP contribution < -0.4 is 0 Å². The van der Waals surface area contributed by atoms with Gasteiger partial charge in [0.15, 0.2) is 0 Å². The molecule has 0 bridgehead atoms. The van der Waals surface area contributed by atoms with Gasteiger partial charge in [0.05, 0.1) is 5.60 Å². The van der Waals surface area contributed by atoms with Crippen LogP contribution in [0.3, 0.4) is 0 Å². The minimum Gasteiger partial charge on any atom is -0.390 e. The molecule has 0 aromatic heterocycles. The summed E-state index contributed by atoms with van der Waals surface area (Å²) < 4.78 is 0. The molecular weight excluding hydrogens is 172 g/mol. The normalized spacial score (nSPS) is 16.7. The van der Waals surface area contributed by atoms with Gasteiger partial charge in [-0.3, -0.25) is 0 Å². The minimum atomic E-state index is -0.418. The highest BCUT2D eigenvalue weighted by atomic mass is 16.3. The van der Waals surface area contributed by atoms with E-state index < -0.39 is 5.60 Å². The summed E-state index contributed by atoms with van der Waals surface area (Å²) in [6.07, 6.45) is 5.23. The number of hydrogen-bond acceptors (Lipinski definition) is 1. The van der Waals surface area contributed by atoms with E-state index in [1.807, 2.05) is 0 Å². The van der Waals surface area contributed by atoms with Gasteiger partial charge in [0.1, 0.15) is 0 Å². The topological polar surface area (TPSA) is 20.2 Å². The lowest BCUT2D eigenvalue weighted by atomic mass is 9.74. The molecule has 2 unspecified atom stereocenters. The van der Waals surface area contributed by atoms with Crippen LogP contribution in [0.2, 0.25) is 0 Å². The van der Waals surface area contributed by atoms with Crippen LogP contribution in [0.1, 0.15) is 66.7 Å². The van der Waals surface area contributed by atoms with Gasteiger partial charge in [-0.1, -0.05) is 53.9 Å². The zero-order valence-electron chi connectivity index (χ0n) is 10.6. The van der Waals surface area contributed by atoms with E-state index in [0.29, 0.717) is 11.8 Å². The van der Waals surface area contributed by atoms with Crippen LogP contribution in [-0.4, -0.2) is 10.7 Å². The van der Waals surface area contributed by atoms with Crippen molar-refractivity contribution >= 4 is 0 Å². The highest BCUT2D eigenvalue weighted by molar-refractivity contribution is 4.85. The molecule has 0 saturated heterocycles. The molecule has 0 spiro atoms. The Morgan fingerprint density at radius 1 is 1.00 bits per heavy atom. The average molecular weight is 200 g/mol. The van der Waals surface area contributed by atoms with Crippen molar-refractivity contribution in [3.8, 4) is 0 Å². The molecule has 0 radical (unpaired) electrons. The van der Waals surface area contributed by atoms with Gasteiger partial charge >= 0.3 is 0 Å². The van der Waals surface area contributed by atoms with Crippen molar-refractivity contribution in [2.75, 3.05) is 0 Å². The van der Waals surface area contributed by atoms with E-state index in [1.165, 1.54) is 0 Å². The van der Waals surface area contributed by atoms with E-state index in [-0.39, 0.29) is 0 Å². The molecule has 86 valence electrons. The van der Waals surface area contributed by atoms with Gasteiger partial charge in [0.25, 0.3) is 0 Å². The number of rotatable bonds is 7. The monoisotopic (exact) mass is 200 g/mol. The molecular formula is C13H28O. The lowest BCUT2D eigenvalue weighted by molar-refractivity contribution is -0.0479. The lowest BCUT2D eigenvalue weighted by Crippen LogP contribution is -2.39. The molecule has 0 amide bonds. The summed E-state index contributed by atoms with van der Waals surface area (Å²) in [6.45, 7) is 11.0. The first-order valence-corrected chi connectivity index (χ1v) is 6.24. The summed E-state index contributed by atoms with van der Waals surface area (Å²) >= 11 is 0. The van der Waals surface area contributed by atoms with Crippen LogP contribution in [0.4, 0.5) is 0 Å². The summed E-state index contributed by atoms with van der Waals surface area (Å²) in [5, 5.41) is 10.6. The molecule has 0 aliphatic carbocycles. The summed E-state index contributed by atoms with van der Waals surface area (Å²) in [5.41, 5.74) is -0.418. The molecule has 0 aliphatic rings. The maximum atomic E-state index is 10.6. The van der Waals surface area contributed by atoms with E-state index >= 15 is 0 Å². The maximum absolute atomic E-state index is 10.6. The molecule has 0 aliphatic heterocycles. The van der Waals surface area contributed by atoms with Crippen LogP contribution >= 0.6 is 0 Å². The predicted octanol–water partition coefficient (Wildman–Crippen LogP) is 4.00. The number of aliphatic hydroxyl groups is 1. The van der Waals surface area contributed by atoms with Crippen molar-refractivity contribution in [3.05, 3.63) is 0 Å². The molecule has 1 heteroatoms. The second-order valence-corrected chi connectivity index (χ2v) is 4.78. The smallest absolute Gasteiger partial charge is 0.0675 e. The van der Waals surface area contributed by atoms with Crippen molar-refractivity contribution in [1.82, 2.24) is 0 Å². The molecule has 1 N–H and O–H groups in total. The second-order valence-electron chi connectivity index (χ2n) is 4.78. The SMILES string of the molecule is CCCC(O)(CCC)C(C)C(C)CC. The molecule has 0 rings (SSSR count). The quantitative estimate of drug-likeness (QED) is 0.658. The van der Waals surface area contributed by atoms with Crippen LogP contribution in [0, 0.1) is 11.8 Å².